The fourth-order valence-corrected chi connectivity index (χ4v) is 4.21. The Morgan fingerprint density at radius 3 is 1.87 bits per heavy atom. The number of rotatable bonds is 6. The zero-order valence-corrected chi connectivity index (χ0v) is 18.5. The van der Waals surface area contributed by atoms with E-state index in [-0.39, 0.29) is 30.9 Å². The van der Waals surface area contributed by atoms with E-state index in [0.29, 0.717) is 12.5 Å². The smallest absolute Gasteiger partial charge is 0.184 e. The zero-order chi connectivity index (χ0) is 21.1. The van der Waals surface area contributed by atoms with Crippen molar-refractivity contribution >= 4 is 0 Å². The van der Waals surface area contributed by atoms with Crippen LogP contribution >= 0.6 is 0 Å². The van der Waals surface area contributed by atoms with Crippen LogP contribution in [0.5, 0.6) is 0 Å². The van der Waals surface area contributed by atoms with Crippen LogP contribution < -0.4 is 0 Å². The second-order valence-corrected chi connectivity index (χ2v) is 8.45. The molecule has 0 radical (unpaired) electrons. The average molecular weight is 411 g/mol. The van der Waals surface area contributed by atoms with E-state index in [4.69, 9.17) is 18.9 Å². The van der Waals surface area contributed by atoms with Gasteiger partial charge in [-0.15, -0.1) is 0 Å². The summed E-state index contributed by atoms with van der Waals surface area (Å²) in [7, 11) is 0. The van der Waals surface area contributed by atoms with Crippen LogP contribution in [0.2, 0.25) is 0 Å². The second-order valence-electron chi connectivity index (χ2n) is 8.45. The van der Waals surface area contributed by atoms with Gasteiger partial charge in [0.05, 0.1) is 12.7 Å². The van der Waals surface area contributed by atoms with Crippen LogP contribution in [0.3, 0.4) is 0 Å². The van der Waals surface area contributed by atoms with Crippen LogP contribution in [0, 0.1) is 5.92 Å². The maximum absolute atomic E-state index is 6.49. The first kappa shape index (κ1) is 21.5. The van der Waals surface area contributed by atoms with Gasteiger partial charge in [0.2, 0.25) is 0 Å². The molecule has 2 saturated heterocycles. The largest absolute Gasteiger partial charge is 0.346 e. The lowest BCUT2D eigenvalue weighted by atomic mass is 9.92. The standard InChI is InChI=1S/C26H34O4/c1-5-17(4)23-24-22(28-26(29-23)21-14-10-19(7-3)11-15-21)16-27-25(30-24)20-12-8-18(6-2)9-13-20/h8-15,17,22-26H,5-7,16H2,1-4H3. The number of hydrogen-bond donors (Lipinski definition) is 0. The van der Waals surface area contributed by atoms with Crippen molar-refractivity contribution in [2.24, 2.45) is 5.92 Å². The molecular formula is C26H34O4. The predicted molar refractivity (Wildman–Crippen MR) is 117 cm³/mol. The molecule has 2 aromatic rings. The summed E-state index contributed by atoms with van der Waals surface area (Å²) in [4.78, 5) is 0. The predicted octanol–water partition coefficient (Wildman–Crippen LogP) is 5.75. The Bertz CT molecular complexity index is 799. The van der Waals surface area contributed by atoms with Gasteiger partial charge in [0.1, 0.15) is 12.2 Å². The van der Waals surface area contributed by atoms with E-state index in [0.717, 1.165) is 30.4 Å². The Hall–Kier alpha value is -1.72. The zero-order valence-electron chi connectivity index (χ0n) is 18.5. The molecule has 2 aliphatic heterocycles. The molecule has 162 valence electrons. The Morgan fingerprint density at radius 2 is 1.33 bits per heavy atom. The topological polar surface area (TPSA) is 36.9 Å². The third-order valence-electron chi connectivity index (χ3n) is 6.49. The van der Waals surface area contributed by atoms with Crippen molar-refractivity contribution in [2.75, 3.05) is 6.61 Å². The van der Waals surface area contributed by atoms with E-state index in [1.807, 2.05) is 0 Å². The maximum Gasteiger partial charge on any atom is 0.184 e. The van der Waals surface area contributed by atoms with E-state index < -0.39 is 0 Å². The van der Waals surface area contributed by atoms with Crippen molar-refractivity contribution in [3.63, 3.8) is 0 Å². The van der Waals surface area contributed by atoms with Crippen molar-refractivity contribution in [1.29, 1.82) is 0 Å². The fraction of sp³-hybridized carbons (Fsp3) is 0.538. The molecule has 0 saturated carbocycles. The van der Waals surface area contributed by atoms with E-state index in [9.17, 15) is 0 Å². The third kappa shape index (κ3) is 4.47. The molecule has 0 amide bonds. The molecule has 2 heterocycles. The van der Waals surface area contributed by atoms with E-state index in [1.165, 1.54) is 11.1 Å². The van der Waals surface area contributed by atoms with E-state index in [1.54, 1.807) is 0 Å². The van der Waals surface area contributed by atoms with Crippen molar-refractivity contribution in [3.8, 4) is 0 Å². The first-order valence-electron chi connectivity index (χ1n) is 11.4. The minimum atomic E-state index is -0.385. The molecule has 0 aliphatic carbocycles. The lowest BCUT2D eigenvalue weighted by Gasteiger charge is -2.47. The molecule has 4 nitrogen and oxygen atoms in total. The Balaban J connectivity index is 1.52. The number of fused-ring (bicyclic) bond motifs is 1. The van der Waals surface area contributed by atoms with Crippen molar-refractivity contribution in [1.82, 2.24) is 0 Å². The fourth-order valence-electron chi connectivity index (χ4n) is 4.21. The minimum Gasteiger partial charge on any atom is -0.346 e. The summed E-state index contributed by atoms with van der Waals surface area (Å²) in [5.41, 5.74) is 4.72. The van der Waals surface area contributed by atoms with Gasteiger partial charge in [0, 0.05) is 11.1 Å². The summed E-state index contributed by atoms with van der Waals surface area (Å²) in [5, 5.41) is 0. The molecule has 2 aromatic carbocycles. The Kier molecular flexibility index (Phi) is 6.89. The number of ether oxygens (including phenoxy) is 4. The van der Waals surface area contributed by atoms with Gasteiger partial charge in [0.25, 0.3) is 0 Å². The Labute approximate surface area is 180 Å². The van der Waals surface area contributed by atoms with Gasteiger partial charge in [-0.05, 0) is 29.9 Å². The van der Waals surface area contributed by atoms with Crippen LogP contribution in [-0.4, -0.2) is 24.9 Å². The van der Waals surface area contributed by atoms with Crippen LogP contribution in [0.25, 0.3) is 0 Å². The first-order chi connectivity index (χ1) is 14.6. The summed E-state index contributed by atoms with van der Waals surface area (Å²) in [5.74, 6) is 0.361. The van der Waals surface area contributed by atoms with Gasteiger partial charge in [0.15, 0.2) is 12.6 Å². The highest BCUT2D eigenvalue weighted by Gasteiger charge is 2.47. The molecule has 4 rings (SSSR count). The molecule has 30 heavy (non-hydrogen) atoms. The lowest BCUT2D eigenvalue weighted by molar-refractivity contribution is -0.369. The highest BCUT2D eigenvalue weighted by Crippen LogP contribution is 2.40. The first-order valence-corrected chi connectivity index (χ1v) is 11.4. The summed E-state index contributed by atoms with van der Waals surface area (Å²) in [6, 6.07) is 17.0. The number of hydrogen-bond acceptors (Lipinski definition) is 4. The number of benzene rings is 2. The molecule has 0 aromatic heterocycles. The molecule has 6 unspecified atom stereocenters. The molecule has 4 heteroatoms. The van der Waals surface area contributed by atoms with Gasteiger partial charge >= 0.3 is 0 Å². The second kappa shape index (κ2) is 9.61. The maximum atomic E-state index is 6.49. The molecule has 2 aliphatic rings. The molecule has 2 fully saturated rings. The molecule has 6 atom stereocenters. The summed E-state index contributed by atoms with van der Waals surface area (Å²) >= 11 is 0. The third-order valence-corrected chi connectivity index (χ3v) is 6.49. The van der Waals surface area contributed by atoms with E-state index in [2.05, 4.69) is 76.2 Å². The van der Waals surface area contributed by atoms with Crippen molar-refractivity contribution in [3.05, 3.63) is 70.8 Å². The summed E-state index contributed by atoms with van der Waals surface area (Å²) < 4.78 is 25.3. The molecule has 0 spiro atoms. The number of aryl methyl sites for hydroxylation is 2. The summed E-state index contributed by atoms with van der Waals surface area (Å²) in [6.07, 6.45) is 1.99. The van der Waals surface area contributed by atoms with Crippen molar-refractivity contribution < 1.29 is 18.9 Å². The normalized spacial score (nSPS) is 29.9. The summed E-state index contributed by atoms with van der Waals surface area (Å²) in [6.45, 7) is 9.25. The monoisotopic (exact) mass is 410 g/mol. The van der Waals surface area contributed by atoms with Crippen molar-refractivity contribution in [2.45, 2.75) is 77.8 Å². The minimum absolute atomic E-state index is 0.0362. The van der Waals surface area contributed by atoms with Crippen LogP contribution in [0.1, 0.15) is 68.9 Å². The highest BCUT2D eigenvalue weighted by molar-refractivity contribution is 5.25. The molecule has 0 N–H and O–H groups in total. The van der Waals surface area contributed by atoms with Crippen LogP contribution in [0.4, 0.5) is 0 Å². The molecular weight excluding hydrogens is 376 g/mol. The van der Waals surface area contributed by atoms with Gasteiger partial charge in [-0.3, -0.25) is 0 Å². The van der Waals surface area contributed by atoms with E-state index >= 15 is 0 Å². The lowest BCUT2D eigenvalue weighted by Crippen LogP contribution is -2.56. The highest BCUT2D eigenvalue weighted by atomic mass is 16.8. The van der Waals surface area contributed by atoms with Gasteiger partial charge < -0.3 is 18.9 Å². The average Bonchev–Trinajstić information content (AvgIpc) is 2.82. The Morgan fingerprint density at radius 1 is 0.767 bits per heavy atom. The SMILES string of the molecule is CCc1ccc(C2OC3COC(c4ccc(CC)cc4)OC3C(C(C)CC)O2)cc1. The quantitative estimate of drug-likeness (QED) is 0.607. The van der Waals surface area contributed by atoms with Crippen LogP contribution in [0.15, 0.2) is 48.5 Å². The van der Waals surface area contributed by atoms with Crippen LogP contribution in [-0.2, 0) is 31.8 Å². The molecule has 0 bridgehead atoms. The van der Waals surface area contributed by atoms with Gasteiger partial charge in [-0.2, -0.15) is 0 Å². The van der Waals surface area contributed by atoms with Gasteiger partial charge in [-0.25, -0.2) is 0 Å². The van der Waals surface area contributed by atoms with Gasteiger partial charge in [-0.1, -0.05) is 82.6 Å².